The van der Waals surface area contributed by atoms with Crippen LogP contribution >= 0.6 is 0 Å². The zero-order valence-electron chi connectivity index (χ0n) is 13.5. The first kappa shape index (κ1) is 17.0. The van der Waals surface area contributed by atoms with Crippen LogP contribution in [0.25, 0.3) is 0 Å². The number of likely N-dealkylation sites (tertiary alicyclic amines) is 1. The molecule has 1 spiro atoms. The van der Waals surface area contributed by atoms with Crippen molar-refractivity contribution in [2.75, 3.05) is 32.8 Å². The molecule has 1 unspecified atom stereocenters. The fraction of sp³-hybridized carbons (Fsp3) is 0.588. The van der Waals surface area contributed by atoms with E-state index in [9.17, 15) is 13.6 Å². The van der Waals surface area contributed by atoms with Gasteiger partial charge in [0.25, 0.3) is 0 Å². The summed E-state index contributed by atoms with van der Waals surface area (Å²) in [6, 6.07) is 6.54. The van der Waals surface area contributed by atoms with Gasteiger partial charge in [-0.05, 0) is 30.9 Å². The number of urea groups is 1. The number of alkyl halides is 2. The number of rotatable bonds is 5. The van der Waals surface area contributed by atoms with Gasteiger partial charge >= 0.3 is 12.6 Å². The van der Waals surface area contributed by atoms with E-state index in [2.05, 4.69) is 10.1 Å². The summed E-state index contributed by atoms with van der Waals surface area (Å²) < 4.78 is 34.7. The minimum Gasteiger partial charge on any atom is -0.435 e. The minimum atomic E-state index is -2.85. The zero-order chi connectivity index (χ0) is 17.0. The molecule has 1 atom stereocenters. The molecule has 0 radical (unpaired) electrons. The third kappa shape index (κ3) is 3.95. The van der Waals surface area contributed by atoms with Gasteiger partial charge in [-0.3, -0.25) is 0 Å². The predicted molar refractivity (Wildman–Crippen MR) is 84.2 cm³/mol. The van der Waals surface area contributed by atoms with E-state index in [-0.39, 0.29) is 17.2 Å². The summed E-state index contributed by atoms with van der Waals surface area (Å²) in [6.45, 7) is 0.494. The highest BCUT2D eigenvalue weighted by atomic mass is 19.3. The van der Waals surface area contributed by atoms with Gasteiger partial charge < -0.3 is 19.7 Å². The number of nitrogens with one attached hydrogen (secondary N) is 1. The number of benzene rings is 1. The van der Waals surface area contributed by atoms with Crippen LogP contribution in [0, 0.1) is 5.41 Å². The molecule has 2 heterocycles. The Morgan fingerprint density at radius 2 is 2.21 bits per heavy atom. The van der Waals surface area contributed by atoms with Crippen LogP contribution in [0.2, 0.25) is 0 Å². The van der Waals surface area contributed by atoms with E-state index in [0.29, 0.717) is 18.5 Å². The lowest BCUT2D eigenvalue weighted by Crippen LogP contribution is -2.40. The van der Waals surface area contributed by atoms with E-state index >= 15 is 0 Å². The molecule has 0 bridgehead atoms. The quantitative estimate of drug-likeness (QED) is 0.897. The van der Waals surface area contributed by atoms with E-state index in [1.165, 1.54) is 6.07 Å². The van der Waals surface area contributed by atoms with Crippen LogP contribution in [-0.4, -0.2) is 50.4 Å². The molecule has 0 aliphatic carbocycles. The maximum Gasteiger partial charge on any atom is 0.387 e. The first-order chi connectivity index (χ1) is 11.6. The lowest BCUT2D eigenvalue weighted by Gasteiger charge is -2.22. The molecular formula is C17H22F2N2O3. The molecular weight excluding hydrogens is 318 g/mol. The lowest BCUT2D eigenvalue weighted by molar-refractivity contribution is -0.0504. The molecule has 132 valence electrons. The van der Waals surface area contributed by atoms with Gasteiger partial charge in [-0.1, -0.05) is 18.2 Å². The van der Waals surface area contributed by atoms with Crippen LogP contribution in [0.3, 0.4) is 0 Å². The summed E-state index contributed by atoms with van der Waals surface area (Å²) in [5.41, 5.74) is 0.787. The number of nitrogens with zero attached hydrogens (tertiary/aromatic N) is 1. The van der Waals surface area contributed by atoms with Crippen molar-refractivity contribution in [3.63, 3.8) is 0 Å². The number of para-hydroxylation sites is 1. The predicted octanol–water partition coefficient (Wildman–Crippen LogP) is 2.65. The van der Waals surface area contributed by atoms with Gasteiger partial charge in [0.2, 0.25) is 0 Å². The smallest absolute Gasteiger partial charge is 0.387 e. The molecule has 0 saturated carbocycles. The molecule has 7 heteroatoms. The van der Waals surface area contributed by atoms with Crippen LogP contribution in [0.15, 0.2) is 24.3 Å². The van der Waals surface area contributed by atoms with E-state index in [1.54, 1.807) is 18.2 Å². The molecule has 1 N–H and O–H groups in total. The number of halogens is 2. The van der Waals surface area contributed by atoms with Crippen LogP contribution in [0.4, 0.5) is 13.6 Å². The van der Waals surface area contributed by atoms with Crippen LogP contribution < -0.4 is 10.1 Å². The van der Waals surface area contributed by atoms with Gasteiger partial charge in [-0.2, -0.15) is 8.78 Å². The fourth-order valence-electron chi connectivity index (χ4n) is 3.42. The molecule has 3 rings (SSSR count). The summed E-state index contributed by atoms with van der Waals surface area (Å²) in [5, 5.41) is 2.86. The zero-order valence-corrected chi connectivity index (χ0v) is 13.5. The first-order valence-electron chi connectivity index (χ1n) is 8.21. The van der Waals surface area contributed by atoms with Crippen molar-refractivity contribution in [1.82, 2.24) is 10.2 Å². The van der Waals surface area contributed by atoms with Gasteiger partial charge in [0.15, 0.2) is 0 Å². The number of hydrogen-bond acceptors (Lipinski definition) is 3. The van der Waals surface area contributed by atoms with Gasteiger partial charge in [0.05, 0.1) is 6.61 Å². The Balaban J connectivity index is 1.47. The van der Waals surface area contributed by atoms with E-state index in [0.717, 1.165) is 39.1 Å². The Bertz CT molecular complexity index is 577. The SMILES string of the molecule is O=C(NCCc1ccccc1OC(F)F)N1CCC2(CCOC2)C1. The average molecular weight is 340 g/mol. The third-order valence-corrected chi connectivity index (χ3v) is 4.77. The molecule has 2 amide bonds. The normalized spacial score (nSPS) is 23.2. The maximum atomic E-state index is 12.4. The number of ether oxygens (including phenoxy) is 2. The average Bonchev–Trinajstić information content (AvgIpc) is 3.19. The van der Waals surface area contributed by atoms with Crippen LogP contribution in [0.1, 0.15) is 18.4 Å². The van der Waals surface area contributed by atoms with Gasteiger partial charge in [0, 0.05) is 31.7 Å². The Hall–Kier alpha value is -1.89. The van der Waals surface area contributed by atoms with Crippen molar-refractivity contribution < 1.29 is 23.0 Å². The number of amides is 2. The molecule has 1 aromatic carbocycles. The standard InChI is InChI=1S/C17H22F2N2O3/c18-15(19)24-14-4-2-1-3-13(14)5-8-20-16(22)21-9-6-17(11-21)7-10-23-12-17/h1-4,15H,5-12H2,(H,20,22). The summed E-state index contributed by atoms with van der Waals surface area (Å²) in [6.07, 6.45) is 2.43. The first-order valence-corrected chi connectivity index (χ1v) is 8.21. The third-order valence-electron chi connectivity index (χ3n) is 4.77. The van der Waals surface area contributed by atoms with Crippen molar-refractivity contribution in [1.29, 1.82) is 0 Å². The van der Waals surface area contributed by atoms with Crippen LogP contribution in [0.5, 0.6) is 5.75 Å². The molecule has 1 aromatic rings. The van der Waals surface area contributed by atoms with E-state index in [1.807, 2.05) is 4.90 Å². The molecule has 2 aliphatic rings. The Morgan fingerprint density at radius 3 is 2.96 bits per heavy atom. The van der Waals surface area contributed by atoms with Crippen molar-refractivity contribution in [3.8, 4) is 5.75 Å². The molecule has 0 aromatic heterocycles. The van der Waals surface area contributed by atoms with Gasteiger partial charge in [0.1, 0.15) is 5.75 Å². The van der Waals surface area contributed by atoms with E-state index < -0.39 is 6.61 Å². The maximum absolute atomic E-state index is 12.4. The second-order valence-corrected chi connectivity index (χ2v) is 6.44. The Morgan fingerprint density at radius 1 is 1.38 bits per heavy atom. The molecule has 24 heavy (non-hydrogen) atoms. The highest BCUT2D eigenvalue weighted by Crippen LogP contribution is 2.38. The summed E-state index contributed by atoms with van der Waals surface area (Å²) in [4.78, 5) is 14.1. The highest BCUT2D eigenvalue weighted by Gasteiger charge is 2.42. The summed E-state index contributed by atoms with van der Waals surface area (Å²) >= 11 is 0. The minimum absolute atomic E-state index is 0.106. The largest absolute Gasteiger partial charge is 0.435 e. The lowest BCUT2D eigenvalue weighted by atomic mass is 9.87. The van der Waals surface area contributed by atoms with Crippen molar-refractivity contribution in [2.24, 2.45) is 5.41 Å². The highest BCUT2D eigenvalue weighted by molar-refractivity contribution is 5.74. The van der Waals surface area contributed by atoms with Gasteiger partial charge in [-0.25, -0.2) is 4.79 Å². The van der Waals surface area contributed by atoms with Crippen LogP contribution in [-0.2, 0) is 11.2 Å². The van der Waals surface area contributed by atoms with Crippen molar-refractivity contribution in [2.45, 2.75) is 25.9 Å². The Labute approximate surface area is 139 Å². The summed E-state index contributed by atoms with van der Waals surface area (Å²) in [7, 11) is 0. The van der Waals surface area contributed by atoms with Crippen molar-refractivity contribution >= 4 is 6.03 Å². The Kier molecular flexibility index (Phi) is 5.18. The molecule has 2 saturated heterocycles. The molecule has 5 nitrogen and oxygen atoms in total. The summed E-state index contributed by atoms with van der Waals surface area (Å²) in [5.74, 6) is 0.157. The van der Waals surface area contributed by atoms with E-state index in [4.69, 9.17) is 4.74 Å². The monoisotopic (exact) mass is 340 g/mol. The number of carbonyl (C=O) groups excluding carboxylic acids is 1. The number of hydrogen-bond donors (Lipinski definition) is 1. The topological polar surface area (TPSA) is 50.8 Å². The number of carbonyl (C=O) groups is 1. The molecule has 2 aliphatic heterocycles. The fourth-order valence-corrected chi connectivity index (χ4v) is 3.42. The molecule has 2 fully saturated rings. The second-order valence-electron chi connectivity index (χ2n) is 6.44. The second kappa shape index (κ2) is 7.34. The van der Waals surface area contributed by atoms with Gasteiger partial charge in [-0.15, -0.1) is 0 Å². The van der Waals surface area contributed by atoms with Crippen molar-refractivity contribution in [3.05, 3.63) is 29.8 Å².